The molecule has 28 heavy (non-hydrogen) atoms. The summed E-state index contributed by atoms with van der Waals surface area (Å²) in [5.41, 5.74) is 2.86. The molecule has 1 amide bonds. The number of rotatable bonds is 3. The molecule has 2 saturated heterocycles. The Kier molecular flexibility index (Phi) is 4.74. The normalized spacial score (nSPS) is 22.4. The number of carbonyl (C=O) groups is 1. The molecule has 2 aromatic heterocycles. The highest BCUT2D eigenvalue weighted by Gasteiger charge is 2.31. The summed E-state index contributed by atoms with van der Waals surface area (Å²) in [6.07, 6.45) is 12.2. The highest BCUT2D eigenvalue weighted by Crippen LogP contribution is 2.29. The van der Waals surface area contributed by atoms with Gasteiger partial charge in [-0.3, -0.25) is 4.79 Å². The molecule has 1 atom stereocenters. The van der Waals surface area contributed by atoms with E-state index in [1.807, 2.05) is 11.1 Å². The van der Waals surface area contributed by atoms with Crippen molar-refractivity contribution in [3.63, 3.8) is 0 Å². The lowest BCUT2D eigenvalue weighted by Gasteiger charge is -2.32. The van der Waals surface area contributed by atoms with Crippen LogP contribution < -0.4 is 4.90 Å². The van der Waals surface area contributed by atoms with Crippen molar-refractivity contribution < 1.29 is 4.79 Å². The third kappa shape index (κ3) is 3.27. The number of H-pyrrole nitrogens is 1. The summed E-state index contributed by atoms with van der Waals surface area (Å²) >= 11 is 0. The van der Waals surface area contributed by atoms with Crippen LogP contribution in [0.2, 0.25) is 0 Å². The number of hydrogen-bond acceptors (Lipinski definition) is 5. The highest BCUT2D eigenvalue weighted by molar-refractivity contribution is 5.94. The van der Waals surface area contributed by atoms with Crippen molar-refractivity contribution in [2.45, 2.75) is 57.3 Å². The number of amides is 1. The van der Waals surface area contributed by atoms with Crippen LogP contribution in [0.4, 0.5) is 5.95 Å². The van der Waals surface area contributed by atoms with E-state index in [9.17, 15) is 4.79 Å². The van der Waals surface area contributed by atoms with Crippen LogP contribution in [0.5, 0.6) is 0 Å². The van der Waals surface area contributed by atoms with E-state index >= 15 is 0 Å². The quantitative estimate of drug-likeness (QED) is 0.886. The molecular weight excluding hydrogens is 352 g/mol. The lowest BCUT2D eigenvalue weighted by atomic mass is 9.93. The standard InChI is InChI=1S/C21H28N6O/c28-20(27-13-5-6-15(14-27)19-22-9-10-23-19)18-16-7-1-2-8-17(16)24-21(25-18)26-11-3-4-12-26/h9-10,15H,1-8,11-14H2,(H,22,23)/t15-/m0/s1. The predicted molar refractivity (Wildman–Crippen MR) is 107 cm³/mol. The van der Waals surface area contributed by atoms with Crippen molar-refractivity contribution in [1.29, 1.82) is 0 Å². The molecule has 0 unspecified atom stereocenters. The van der Waals surface area contributed by atoms with Crippen molar-refractivity contribution >= 4 is 11.9 Å². The number of nitrogens with one attached hydrogen (secondary N) is 1. The molecule has 3 aliphatic rings. The SMILES string of the molecule is O=C(c1nc(N2CCCC2)nc2c1CCCC2)N1CCC[C@H](c2ncc[nH]2)C1. The van der Waals surface area contributed by atoms with Crippen molar-refractivity contribution in [3.8, 4) is 0 Å². The molecular formula is C21H28N6O. The van der Waals surface area contributed by atoms with E-state index in [0.717, 1.165) is 81.2 Å². The van der Waals surface area contributed by atoms with Crippen LogP contribution in [0.15, 0.2) is 12.4 Å². The molecule has 2 aromatic rings. The predicted octanol–water partition coefficient (Wildman–Crippen LogP) is 2.70. The molecule has 1 N–H and O–H groups in total. The summed E-state index contributed by atoms with van der Waals surface area (Å²) in [6.45, 7) is 3.51. The fraction of sp³-hybridized carbons (Fsp3) is 0.619. The highest BCUT2D eigenvalue weighted by atomic mass is 16.2. The van der Waals surface area contributed by atoms with Gasteiger partial charge in [0.15, 0.2) is 0 Å². The van der Waals surface area contributed by atoms with E-state index in [4.69, 9.17) is 9.97 Å². The molecule has 148 valence electrons. The van der Waals surface area contributed by atoms with Gasteiger partial charge in [-0.1, -0.05) is 0 Å². The van der Waals surface area contributed by atoms with Crippen LogP contribution in [0.3, 0.4) is 0 Å². The van der Waals surface area contributed by atoms with Gasteiger partial charge in [0.1, 0.15) is 11.5 Å². The number of hydrogen-bond donors (Lipinski definition) is 1. The Labute approximate surface area is 165 Å². The largest absolute Gasteiger partial charge is 0.348 e. The van der Waals surface area contributed by atoms with E-state index < -0.39 is 0 Å². The van der Waals surface area contributed by atoms with Gasteiger partial charge in [-0.2, -0.15) is 0 Å². The summed E-state index contributed by atoms with van der Waals surface area (Å²) in [4.78, 5) is 35.1. The molecule has 0 bridgehead atoms. The number of nitrogens with zero attached hydrogens (tertiary/aromatic N) is 5. The monoisotopic (exact) mass is 380 g/mol. The average molecular weight is 380 g/mol. The summed E-state index contributed by atoms with van der Waals surface area (Å²) in [5, 5.41) is 0. The van der Waals surface area contributed by atoms with Crippen LogP contribution in [-0.4, -0.2) is 56.9 Å². The van der Waals surface area contributed by atoms with Crippen molar-refractivity contribution in [3.05, 3.63) is 35.2 Å². The number of imidazole rings is 1. The van der Waals surface area contributed by atoms with Gasteiger partial charge in [0.25, 0.3) is 5.91 Å². The van der Waals surface area contributed by atoms with Crippen LogP contribution in [0.1, 0.15) is 72.0 Å². The first-order chi connectivity index (χ1) is 13.8. The second kappa shape index (κ2) is 7.53. The van der Waals surface area contributed by atoms with Gasteiger partial charge in [-0.05, 0) is 51.4 Å². The van der Waals surface area contributed by atoms with Crippen LogP contribution in [-0.2, 0) is 12.8 Å². The van der Waals surface area contributed by atoms with Gasteiger partial charge in [0, 0.05) is 55.7 Å². The van der Waals surface area contributed by atoms with E-state index in [1.54, 1.807) is 6.20 Å². The van der Waals surface area contributed by atoms with Gasteiger partial charge in [0.2, 0.25) is 5.95 Å². The van der Waals surface area contributed by atoms with Crippen LogP contribution in [0, 0.1) is 0 Å². The Morgan fingerprint density at radius 1 is 1.04 bits per heavy atom. The number of aryl methyl sites for hydroxylation is 1. The van der Waals surface area contributed by atoms with Crippen molar-refractivity contribution in [1.82, 2.24) is 24.8 Å². The first-order valence-corrected chi connectivity index (χ1v) is 10.7. The molecule has 2 aliphatic heterocycles. The zero-order valence-corrected chi connectivity index (χ0v) is 16.4. The molecule has 0 spiro atoms. The number of aromatic amines is 1. The smallest absolute Gasteiger partial charge is 0.272 e. The van der Waals surface area contributed by atoms with Gasteiger partial charge in [-0.15, -0.1) is 0 Å². The molecule has 7 nitrogen and oxygen atoms in total. The van der Waals surface area contributed by atoms with Crippen molar-refractivity contribution in [2.75, 3.05) is 31.1 Å². The number of aromatic nitrogens is 4. The zero-order valence-electron chi connectivity index (χ0n) is 16.4. The Balaban J connectivity index is 1.45. The van der Waals surface area contributed by atoms with E-state index in [2.05, 4.69) is 14.9 Å². The maximum atomic E-state index is 13.5. The Bertz CT molecular complexity index is 843. The van der Waals surface area contributed by atoms with E-state index in [-0.39, 0.29) is 11.8 Å². The fourth-order valence-corrected chi connectivity index (χ4v) is 4.85. The number of likely N-dealkylation sites (tertiary alicyclic amines) is 1. The van der Waals surface area contributed by atoms with E-state index in [0.29, 0.717) is 12.2 Å². The zero-order chi connectivity index (χ0) is 18.9. The topological polar surface area (TPSA) is 78.0 Å². The summed E-state index contributed by atoms with van der Waals surface area (Å²) in [5.74, 6) is 2.11. The minimum absolute atomic E-state index is 0.0808. The first kappa shape index (κ1) is 17.6. The molecule has 0 saturated carbocycles. The number of fused-ring (bicyclic) bond motifs is 1. The summed E-state index contributed by atoms with van der Waals surface area (Å²) in [7, 11) is 0. The third-order valence-electron chi connectivity index (χ3n) is 6.38. The first-order valence-electron chi connectivity index (χ1n) is 10.7. The number of carbonyl (C=O) groups excluding carboxylic acids is 1. The maximum absolute atomic E-state index is 13.5. The fourth-order valence-electron chi connectivity index (χ4n) is 4.85. The second-order valence-electron chi connectivity index (χ2n) is 8.26. The number of piperidine rings is 1. The Morgan fingerprint density at radius 3 is 2.71 bits per heavy atom. The molecule has 0 aromatic carbocycles. The third-order valence-corrected chi connectivity index (χ3v) is 6.38. The Hall–Kier alpha value is -2.44. The minimum atomic E-state index is 0.0808. The molecule has 5 rings (SSSR count). The lowest BCUT2D eigenvalue weighted by molar-refractivity contribution is 0.0697. The second-order valence-corrected chi connectivity index (χ2v) is 8.26. The summed E-state index contributed by atoms with van der Waals surface area (Å²) in [6, 6.07) is 0. The molecule has 0 radical (unpaired) electrons. The van der Waals surface area contributed by atoms with Crippen molar-refractivity contribution in [2.24, 2.45) is 0 Å². The van der Waals surface area contributed by atoms with Gasteiger partial charge in [0.05, 0.1) is 0 Å². The lowest BCUT2D eigenvalue weighted by Crippen LogP contribution is -2.40. The van der Waals surface area contributed by atoms with Gasteiger partial charge in [-0.25, -0.2) is 15.0 Å². The average Bonchev–Trinajstić information content (AvgIpc) is 3.47. The summed E-state index contributed by atoms with van der Waals surface area (Å²) < 4.78 is 0. The number of anilines is 1. The van der Waals surface area contributed by atoms with Crippen LogP contribution in [0.25, 0.3) is 0 Å². The van der Waals surface area contributed by atoms with E-state index in [1.165, 1.54) is 12.8 Å². The van der Waals surface area contributed by atoms with Gasteiger partial charge >= 0.3 is 0 Å². The molecule has 1 aliphatic carbocycles. The van der Waals surface area contributed by atoms with Crippen LogP contribution >= 0.6 is 0 Å². The minimum Gasteiger partial charge on any atom is -0.348 e. The Morgan fingerprint density at radius 2 is 1.89 bits per heavy atom. The molecule has 2 fully saturated rings. The molecule has 7 heteroatoms. The maximum Gasteiger partial charge on any atom is 0.272 e. The molecule has 4 heterocycles. The van der Waals surface area contributed by atoms with Gasteiger partial charge < -0.3 is 14.8 Å².